The van der Waals surface area contributed by atoms with Gasteiger partial charge in [-0.3, -0.25) is 4.79 Å². The third-order valence-electron chi connectivity index (χ3n) is 4.66. The molecule has 0 saturated carbocycles. The first kappa shape index (κ1) is 18.5. The van der Waals surface area contributed by atoms with E-state index >= 15 is 0 Å². The number of amides is 1. The Bertz CT molecular complexity index is 950. The monoisotopic (exact) mass is 397 g/mol. The van der Waals surface area contributed by atoms with Gasteiger partial charge in [-0.1, -0.05) is 28.9 Å². The van der Waals surface area contributed by atoms with E-state index in [1.165, 1.54) is 6.42 Å². The molecule has 0 bridgehead atoms. The highest BCUT2D eigenvalue weighted by Crippen LogP contribution is 2.21. The molecule has 28 heavy (non-hydrogen) atoms. The summed E-state index contributed by atoms with van der Waals surface area (Å²) in [7, 11) is 0. The van der Waals surface area contributed by atoms with Crippen LogP contribution in [0.5, 0.6) is 5.75 Å². The number of likely N-dealkylation sites (tertiary alicyclic amines) is 1. The molecule has 2 aromatic carbocycles. The summed E-state index contributed by atoms with van der Waals surface area (Å²) in [5, 5.41) is 4.66. The Hall–Kier alpha value is -2.86. The molecule has 1 aliphatic rings. The van der Waals surface area contributed by atoms with E-state index in [0.717, 1.165) is 31.5 Å². The van der Waals surface area contributed by atoms with Gasteiger partial charge in [-0.05, 0) is 55.7 Å². The van der Waals surface area contributed by atoms with Gasteiger partial charge in [0, 0.05) is 29.2 Å². The number of piperidine rings is 1. The molecule has 0 spiro atoms. The van der Waals surface area contributed by atoms with E-state index in [1.807, 2.05) is 29.2 Å². The molecule has 1 amide bonds. The van der Waals surface area contributed by atoms with Crippen LogP contribution in [0.4, 0.5) is 0 Å². The Labute approximate surface area is 168 Å². The fourth-order valence-electron chi connectivity index (χ4n) is 3.18. The summed E-state index contributed by atoms with van der Waals surface area (Å²) in [6.45, 7) is 1.79. The molecule has 1 fully saturated rings. The molecule has 144 valence electrons. The average molecular weight is 398 g/mol. The van der Waals surface area contributed by atoms with Crippen molar-refractivity contribution in [3.63, 3.8) is 0 Å². The topological polar surface area (TPSA) is 68.5 Å². The first-order valence-electron chi connectivity index (χ1n) is 9.30. The Morgan fingerprint density at radius 3 is 2.68 bits per heavy atom. The van der Waals surface area contributed by atoms with Crippen molar-refractivity contribution < 1.29 is 14.1 Å². The second-order valence-corrected chi connectivity index (χ2v) is 7.12. The lowest BCUT2D eigenvalue weighted by Crippen LogP contribution is -2.35. The number of nitrogens with zero attached hydrogens (tertiary/aromatic N) is 3. The van der Waals surface area contributed by atoms with Crippen LogP contribution in [0.15, 0.2) is 53.1 Å². The van der Waals surface area contributed by atoms with Gasteiger partial charge in [-0.15, -0.1) is 0 Å². The molecule has 0 N–H and O–H groups in total. The summed E-state index contributed by atoms with van der Waals surface area (Å²) in [5.41, 5.74) is 1.38. The van der Waals surface area contributed by atoms with Gasteiger partial charge in [0.05, 0.1) is 0 Å². The molecule has 7 heteroatoms. The summed E-state index contributed by atoms with van der Waals surface area (Å²) in [4.78, 5) is 19.0. The van der Waals surface area contributed by atoms with E-state index in [-0.39, 0.29) is 12.5 Å². The molecule has 1 saturated heterocycles. The Morgan fingerprint density at radius 2 is 1.89 bits per heavy atom. The van der Waals surface area contributed by atoms with Crippen LogP contribution in [0.1, 0.15) is 35.5 Å². The summed E-state index contributed by atoms with van der Waals surface area (Å²) >= 11 is 5.86. The number of ether oxygens (including phenoxy) is 1. The van der Waals surface area contributed by atoms with Crippen molar-refractivity contribution >= 4 is 17.5 Å². The van der Waals surface area contributed by atoms with Crippen LogP contribution in [-0.2, 0) is 6.61 Å². The first-order chi connectivity index (χ1) is 13.7. The molecule has 3 aromatic rings. The molecule has 2 heterocycles. The number of hydrogen-bond donors (Lipinski definition) is 0. The molecule has 1 aliphatic heterocycles. The number of hydrogen-bond acceptors (Lipinski definition) is 5. The van der Waals surface area contributed by atoms with Crippen molar-refractivity contribution in [3.8, 4) is 17.1 Å². The van der Waals surface area contributed by atoms with Crippen molar-refractivity contribution in [2.45, 2.75) is 25.9 Å². The molecule has 1 aromatic heterocycles. The highest BCUT2D eigenvalue weighted by Gasteiger charge is 2.19. The molecule has 0 radical (unpaired) electrons. The maximum absolute atomic E-state index is 12.7. The number of aromatic nitrogens is 2. The Morgan fingerprint density at radius 1 is 1.11 bits per heavy atom. The van der Waals surface area contributed by atoms with Crippen molar-refractivity contribution in [2.24, 2.45) is 0 Å². The van der Waals surface area contributed by atoms with Crippen molar-refractivity contribution in [3.05, 3.63) is 65.0 Å². The summed E-state index contributed by atoms with van der Waals surface area (Å²) in [6, 6.07) is 14.4. The van der Waals surface area contributed by atoms with E-state index in [1.54, 1.807) is 24.3 Å². The predicted octanol–water partition coefficient (Wildman–Crippen LogP) is 4.60. The van der Waals surface area contributed by atoms with Crippen LogP contribution in [0.2, 0.25) is 5.02 Å². The fraction of sp³-hybridized carbons (Fsp3) is 0.286. The van der Waals surface area contributed by atoms with Crippen LogP contribution in [0.3, 0.4) is 0 Å². The lowest BCUT2D eigenvalue weighted by atomic mass is 10.1. The van der Waals surface area contributed by atoms with Gasteiger partial charge in [0.15, 0.2) is 6.61 Å². The third-order valence-corrected chi connectivity index (χ3v) is 4.91. The molecule has 0 unspecified atom stereocenters. The van der Waals surface area contributed by atoms with Crippen molar-refractivity contribution in [1.29, 1.82) is 0 Å². The van der Waals surface area contributed by atoms with E-state index in [9.17, 15) is 4.79 Å². The number of rotatable bonds is 5. The molecule has 0 aliphatic carbocycles. The quantitative estimate of drug-likeness (QED) is 0.629. The van der Waals surface area contributed by atoms with Crippen molar-refractivity contribution in [1.82, 2.24) is 15.0 Å². The number of carbonyl (C=O) groups is 1. The minimum atomic E-state index is 0.0522. The maximum Gasteiger partial charge on any atom is 0.264 e. The van der Waals surface area contributed by atoms with Gasteiger partial charge in [-0.25, -0.2) is 0 Å². The van der Waals surface area contributed by atoms with Gasteiger partial charge >= 0.3 is 0 Å². The zero-order valence-corrected chi connectivity index (χ0v) is 16.1. The average Bonchev–Trinajstić information content (AvgIpc) is 3.23. The van der Waals surface area contributed by atoms with Crippen LogP contribution >= 0.6 is 11.6 Å². The fourth-order valence-corrected chi connectivity index (χ4v) is 3.30. The van der Waals surface area contributed by atoms with Crippen LogP contribution < -0.4 is 4.74 Å². The normalized spacial score (nSPS) is 14.1. The van der Waals surface area contributed by atoms with Gasteiger partial charge in [0.1, 0.15) is 5.75 Å². The highest BCUT2D eigenvalue weighted by molar-refractivity contribution is 6.30. The number of benzene rings is 2. The highest BCUT2D eigenvalue weighted by atomic mass is 35.5. The zero-order chi connectivity index (χ0) is 19.3. The second kappa shape index (κ2) is 8.44. The molecule has 6 nitrogen and oxygen atoms in total. The van der Waals surface area contributed by atoms with Crippen LogP contribution in [-0.4, -0.2) is 34.0 Å². The summed E-state index contributed by atoms with van der Waals surface area (Å²) in [6.07, 6.45) is 3.31. The van der Waals surface area contributed by atoms with E-state index < -0.39 is 0 Å². The number of halogens is 1. The zero-order valence-electron chi connectivity index (χ0n) is 15.3. The van der Waals surface area contributed by atoms with Gasteiger partial charge < -0.3 is 14.2 Å². The molecule has 0 atom stereocenters. The lowest BCUT2D eigenvalue weighted by Gasteiger charge is -2.26. The minimum Gasteiger partial charge on any atom is -0.484 e. The summed E-state index contributed by atoms with van der Waals surface area (Å²) in [5.74, 6) is 1.51. The van der Waals surface area contributed by atoms with Crippen molar-refractivity contribution in [2.75, 3.05) is 13.1 Å². The third kappa shape index (κ3) is 4.34. The van der Waals surface area contributed by atoms with Gasteiger partial charge in [-0.2, -0.15) is 4.98 Å². The molecular formula is C21H20ClN3O3. The predicted molar refractivity (Wildman–Crippen MR) is 105 cm³/mol. The largest absolute Gasteiger partial charge is 0.484 e. The number of carbonyl (C=O) groups excluding carboxylic acids is 1. The second-order valence-electron chi connectivity index (χ2n) is 6.69. The Kier molecular flexibility index (Phi) is 5.58. The minimum absolute atomic E-state index is 0.0522. The summed E-state index contributed by atoms with van der Waals surface area (Å²) < 4.78 is 10.9. The molecular weight excluding hydrogens is 378 g/mol. The maximum atomic E-state index is 12.7. The van der Waals surface area contributed by atoms with Crippen LogP contribution in [0, 0.1) is 0 Å². The van der Waals surface area contributed by atoms with Gasteiger partial charge in [0.25, 0.3) is 11.8 Å². The smallest absolute Gasteiger partial charge is 0.264 e. The van der Waals surface area contributed by atoms with E-state index in [2.05, 4.69) is 10.1 Å². The Balaban J connectivity index is 1.44. The SMILES string of the molecule is O=C(c1cccc(-c2noc(COc3ccc(Cl)cc3)n2)c1)N1CCCCC1. The molecule has 4 rings (SSSR count). The van der Waals surface area contributed by atoms with E-state index in [4.69, 9.17) is 20.9 Å². The van der Waals surface area contributed by atoms with E-state index in [0.29, 0.717) is 28.1 Å². The van der Waals surface area contributed by atoms with Crippen LogP contribution in [0.25, 0.3) is 11.4 Å². The first-order valence-corrected chi connectivity index (χ1v) is 9.67. The lowest BCUT2D eigenvalue weighted by molar-refractivity contribution is 0.0724. The van der Waals surface area contributed by atoms with Gasteiger partial charge in [0.2, 0.25) is 5.82 Å². The standard InChI is InChI=1S/C21H20ClN3O3/c22-17-7-9-18(10-8-17)27-14-19-23-20(24-28-19)15-5-4-6-16(13-15)21(26)25-11-2-1-3-12-25/h4-10,13H,1-3,11-12,14H2.